The van der Waals surface area contributed by atoms with E-state index in [0.717, 1.165) is 50.8 Å². The summed E-state index contributed by atoms with van der Waals surface area (Å²) in [5.41, 5.74) is 1.78. The molecule has 1 aliphatic heterocycles. The summed E-state index contributed by atoms with van der Waals surface area (Å²) in [4.78, 5) is 26.6. The van der Waals surface area contributed by atoms with Crippen molar-refractivity contribution in [2.45, 2.75) is 39.0 Å². The molecule has 0 unspecified atom stereocenters. The molecule has 1 aromatic rings. The zero-order valence-electron chi connectivity index (χ0n) is 14.5. The van der Waals surface area contributed by atoms with Crippen LogP contribution in [0, 0.1) is 17.2 Å². The number of ether oxygens (including phenoxy) is 1. The molecule has 1 amide bonds. The number of nitriles is 1. The average Bonchev–Trinajstić information content (AvgIpc) is 3.16. The number of esters is 1. The molecule has 0 saturated carbocycles. The first-order valence-electron chi connectivity index (χ1n) is 8.97. The summed E-state index contributed by atoms with van der Waals surface area (Å²) >= 11 is 1.55. The van der Waals surface area contributed by atoms with Gasteiger partial charge in [0.05, 0.1) is 31.2 Å². The Bertz CT molecular complexity index is 699. The standard InChI is InChI=1S/C18H23N3O3S/c1-2-24-18(23)12-6-8-21(9-7-12)11-16(22)20-17-14(10-19)13-4-3-5-15(13)25-17/h12H,2-9,11H2,1H3,(H,20,22)/p+1. The van der Waals surface area contributed by atoms with Crippen molar-refractivity contribution in [3.05, 3.63) is 16.0 Å². The summed E-state index contributed by atoms with van der Waals surface area (Å²) in [6, 6.07) is 2.25. The molecule has 0 bridgehead atoms. The maximum absolute atomic E-state index is 12.4. The van der Waals surface area contributed by atoms with Crippen molar-refractivity contribution in [2.75, 3.05) is 31.6 Å². The molecule has 25 heavy (non-hydrogen) atoms. The third-order valence-electron chi connectivity index (χ3n) is 5.01. The molecule has 2 heterocycles. The summed E-state index contributed by atoms with van der Waals surface area (Å²) in [5, 5.41) is 13.0. The fourth-order valence-corrected chi connectivity index (χ4v) is 4.96. The molecule has 3 rings (SSSR count). The van der Waals surface area contributed by atoms with Gasteiger partial charge < -0.3 is 15.0 Å². The van der Waals surface area contributed by atoms with Gasteiger partial charge in [-0.1, -0.05) is 0 Å². The smallest absolute Gasteiger partial charge is 0.309 e. The molecule has 0 radical (unpaired) electrons. The molecule has 0 atom stereocenters. The number of carbonyl (C=O) groups excluding carboxylic acids is 2. The van der Waals surface area contributed by atoms with Crippen molar-refractivity contribution in [1.82, 2.24) is 0 Å². The van der Waals surface area contributed by atoms with Gasteiger partial charge in [-0.2, -0.15) is 5.26 Å². The van der Waals surface area contributed by atoms with Crippen LogP contribution in [0.2, 0.25) is 0 Å². The first kappa shape index (κ1) is 17.9. The zero-order valence-corrected chi connectivity index (χ0v) is 15.3. The van der Waals surface area contributed by atoms with E-state index < -0.39 is 0 Å². The van der Waals surface area contributed by atoms with Crippen LogP contribution in [-0.4, -0.2) is 38.1 Å². The van der Waals surface area contributed by atoms with Gasteiger partial charge in [0.25, 0.3) is 5.91 Å². The molecule has 1 aromatic heterocycles. The highest BCUT2D eigenvalue weighted by atomic mass is 32.1. The van der Waals surface area contributed by atoms with Crippen LogP contribution in [0.4, 0.5) is 5.00 Å². The monoisotopic (exact) mass is 362 g/mol. The van der Waals surface area contributed by atoms with E-state index in [1.807, 2.05) is 6.92 Å². The minimum absolute atomic E-state index is 0.0303. The van der Waals surface area contributed by atoms with Crippen molar-refractivity contribution in [3.63, 3.8) is 0 Å². The highest BCUT2D eigenvalue weighted by Gasteiger charge is 2.30. The van der Waals surface area contributed by atoms with Gasteiger partial charge in [0, 0.05) is 17.7 Å². The molecule has 1 fully saturated rings. The largest absolute Gasteiger partial charge is 0.466 e. The number of nitrogens with one attached hydrogen (secondary N) is 2. The molecule has 6 nitrogen and oxygen atoms in total. The molecule has 0 aromatic carbocycles. The van der Waals surface area contributed by atoms with Gasteiger partial charge in [0.1, 0.15) is 11.1 Å². The number of aryl methyl sites for hydroxylation is 1. The average molecular weight is 362 g/mol. The lowest BCUT2D eigenvalue weighted by atomic mass is 9.97. The fourth-order valence-electron chi connectivity index (χ4n) is 3.71. The van der Waals surface area contributed by atoms with Crippen molar-refractivity contribution < 1.29 is 19.2 Å². The molecule has 7 heteroatoms. The highest BCUT2D eigenvalue weighted by molar-refractivity contribution is 7.16. The zero-order chi connectivity index (χ0) is 17.8. The molecule has 1 saturated heterocycles. The van der Waals surface area contributed by atoms with Crippen LogP contribution in [0.3, 0.4) is 0 Å². The van der Waals surface area contributed by atoms with Gasteiger partial charge in [-0.25, -0.2) is 0 Å². The summed E-state index contributed by atoms with van der Waals surface area (Å²) in [7, 11) is 0. The lowest BCUT2D eigenvalue weighted by Crippen LogP contribution is -3.14. The van der Waals surface area contributed by atoms with Crippen LogP contribution < -0.4 is 10.2 Å². The number of likely N-dealkylation sites (tertiary alicyclic amines) is 1. The molecule has 1 aliphatic carbocycles. The summed E-state index contributed by atoms with van der Waals surface area (Å²) < 4.78 is 5.08. The van der Waals surface area contributed by atoms with Crippen LogP contribution in [0.5, 0.6) is 0 Å². The Labute approximate surface area is 151 Å². The first-order valence-corrected chi connectivity index (χ1v) is 9.78. The second-order valence-corrected chi connectivity index (χ2v) is 7.78. The van der Waals surface area contributed by atoms with Crippen molar-refractivity contribution in [2.24, 2.45) is 5.92 Å². The number of anilines is 1. The van der Waals surface area contributed by atoms with Gasteiger partial charge in [0.15, 0.2) is 6.54 Å². The Balaban J connectivity index is 1.51. The summed E-state index contributed by atoms with van der Waals surface area (Å²) in [6.07, 6.45) is 4.58. The minimum atomic E-state index is -0.113. The van der Waals surface area contributed by atoms with Crippen molar-refractivity contribution >= 4 is 28.2 Å². The minimum Gasteiger partial charge on any atom is -0.466 e. The molecular weight excluding hydrogens is 338 g/mol. The second-order valence-electron chi connectivity index (χ2n) is 6.67. The Morgan fingerprint density at radius 1 is 1.36 bits per heavy atom. The van der Waals surface area contributed by atoms with Gasteiger partial charge >= 0.3 is 5.97 Å². The Hall–Kier alpha value is -1.91. The molecule has 134 valence electrons. The van der Waals surface area contributed by atoms with Gasteiger partial charge in [0.2, 0.25) is 0 Å². The second kappa shape index (κ2) is 7.98. The van der Waals surface area contributed by atoms with E-state index in [9.17, 15) is 14.9 Å². The molecule has 2 aliphatic rings. The van der Waals surface area contributed by atoms with E-state index in [0.29, 0.717) is 23.7 Å². The maximum atomic E-state index is 12.4. The first-order chi connectivity index (χ1) is 12.1. The number of hydrogen-bond acceptors (Lipinski definition) is 5. The molecular formula is C18H24N3O3S+. The van der Waals surface area contributed by atoms with E-state index in [2.05, 4.69) is 11.4 Å². The number of carbonyl (C=O) groups is 2. The summed E-state index contributed by atoms with van der Waals surface area (Å²) in [5.74, 6) is -0.198. The van der Waals surface area contributed by atoms with Gasteiger partial charge in [-0.05, 0) is 31.7 Å². The molecule has 2 N–H and O–H groups in total. The third kappa shape index (κ3) is 4.02. The van der Waals surface area contributed by atoms with Crippen LogP contribution >= 0.6 is 11.3 Å². The lowest BCUT2D eigenvalue weighted by Gasteiger charge is -2.27. The maximum Gasteiger partial charge on any atom is 0.309 e. The number of amides is 1. The fraction of sp³-hybridized carbons (Fsp3) is 0.611. The van der Waals surface area contributed by atoms with Crippen molar-refractivity contribution in [3.8, 4) is 6.07 Å². The van der Waals surface area contributed by atoms with Crippen molar-refractivity contribution in [1.29, 1.82) is 5.26 Å². The number of piperidine rings is 1. The number of nitrogens with zero attached hydrogens (tertiary/aromatic N) is 1. The van der Waals surface area contributed by atoms with E-state index in [1.54, 1.807) is 11.3 Å². The number of rotatable bonds is 5. The Morgan fingerprint density at radius 2 is 2.12 bits per heavy atom. The van der Waals surface area contributed by atoms with Gasteiger partial charge in [-0.3, -0.25) is 9.59 Å². The van der Waals surface area contributed by atoms with E-state index in [1.165, 1.54) is 9.78 Å². The predicted octanol–water partition coefficient (Wildman–Crippen LogP) is 0.905. The predicted molar refractivity (Wildman–Crippen MR) is 94.6 cm³/mol. The molecule has 0 spiro atoms. The number of quaternary nitrogens is 1. The normalized spacial score (nSPS) is 22.1. The lowest BCUT2D eigenvalue weighted by molar-refractivity contribution is -0.897. The quantitative estimate of drug-likeness (QED) is 0.763. The highest BCUT2D eigenvalue weighted by Crippen LogP contribution is 2.38. The SMILES string of the molecule is CCOC(=O)C1CC[NH+](CC(=O)Nc2sc3c(c2C#N)CCC3)CC1. The Morgan fingerprint density at radius 3 is 2.80 bits per heavy atom. The van der Waals surface area contributed by atoms with E-state index in [-0.39, 0.29) is 17.8 Å². The van der Waals surface area contributed by atoms with Crippen LogP contribution in [0.25, 0.3) is 0 Å². The topological polar surface area (TPSA) is 83.6 Å². The number of hydrogen-bond donors (Lipinski definition) is 2. The Kier molecular flexibility index (Phi) is 5.71. The number of thiophene rings is 1. The van der Waals surface area contributed by atoms with Crippen LogP contribution in [0.15, 0.2) is 0 Å². The third-order valence-corrected chi connectivity index (χ3v) is 6.22. The number of fused-ring (bicyclic) bond motifs is 1. The van der Waals surface area contributed by atoms with Gasteiger partial charge in [-0.15, -0.1) is 11.3 Å². The van der Waals surface area contributed by atoms with E-state index >= 15 is 0 Å². The summed E-state index contributed by atoms with van der Waals surface area (Å²) in [6.45, 7) is 4.20. The van der Waals surface area contributed by atoms with Crippen LogP contribution in [-0.2, 0) is 27.2 Å². The van der Waals surface area contributed by atoms with Crippen LogP contribution in [0.1, 0.15) is 42.2 Å². The van der Waals surface area contributed by atoms with E-state index in [4.69, 9.17) is 4.74 Å².